The molecular formula is C23H25BrN4O4. The first-order chi connectivity index (χ1) is 15.2. The van der Waals surface area contributed by atoms with Gasteiger partial charge in [-0.1, -0.05) is 18.2 Å². The van der Waals surface area contributed by atoms with Crippen molar-refractivity contribution < 1.29 is 19.1 Å². The Labute approximate surface area is 194 Å². The van der Waals surface area contributed by atoms with Gasteiger partial charge in [0.2, 0.25) is 0 Å². The first-order valence-corrected chi connectivity index (χ1v) is 10.9. The number of fused-ring (bicyclic) bond motifs is 1. The molecule has 2 aromatic heterocycles. The minimum Gasteiger partial charge on any atom is -0.462 e. The highest BCUT2D eigenvalue weighted by Crippen LogP contribution is 2.16. The number of esters is 1. The Morgan fingerprint density at radius 2 is 1.94 bits per heavy atom. The third-order valence-electron chi connectivity index (χ3n) is 4.28. The quantitative estimate of drug-likeness (QED) is 0.414. The second-order valence-electron chi connectivity index (χ2n) is 7.95. The number of carbonyl (C=O) groups excluding carboxylic acids is 2. The van der Waals surface area contributed by atoms with E-state index in [1.165, 1.54) is 0 Å². The Bertz CT molecular complexity index is 1200. The van der Waals surface area contributed by atoms with Crippen LogP contribution < -0.4 is 10.8 Å². The lowest BCUT2D eigenvalue weighted by Crippen LogP contribution is -2.32. The zero-order valence-corrected chi connectivity index (χ0v) is 20.0. The second kappa shape index (κ2) is 9.95. The largest absolute Gasteiger partial charge is 0.462 e. The van der Waals surface area contributed by atoms with Gasteiger partial charge >= 0.3 is 12.1 Å². The highest BCUT2D eigenvalue weighted by Gasteiger charge is 2.18. The summed E-state index contributed by atoms with van der Waals surface area (Å²) in [4.78, 5) is 29.3. The Kier molecular flexibility index (Phi) is 7.29. The molecule has 32 heavy (non-hydrogen) atoms. The second-order valence-corrected chi connectivity index (χ2v) is 8.87. The SMILES string of the molecule is CCOC(=O)c1cn(Cc2ccc(Br)cn2)c2ccccc2c1=NNC(=O)OC(C)(C)C. The number of hydrogen-bond acceptors (Lipinski definition) is 6. The van der Waals surface area contributed by atoms with Crippen molar-refractivity contribution in [2.24, 2.45) is 5.10 Å². The molecule has 0 fully saturated rings. The first-order valence-electron chi connectivity index (χ1n) is 10.1. The van der Waals surface area contributed by atoms with Crippen molar-refractivity contribution in [2.45, 2.75) is 39.8 Å². The maximum atomic E-state index is 12.8. The first kappa shape index (κ1) is 23.5. The van der Waals surface area contributed by atoms with E-state index in [0.29, 0.717) is 17.3 Å². The van der Waals surface area contributed by atoms with Crippen LogP contribution >= 0.6 is 15.9 Å². The molecule has 0 atom stereocenters. The van der Waals surface area contributed by atoms with E-state index in [1.54, 1.807) is 40.1 Å². The van der Waals surface area contributed by atoms with Crippen molar-refractivity contribution in [3.8, 4) is 0 Å². The van der Waals surface area contributed by atoms with Crippen LogP contribution in [-0.2, 0) is 16.0 Å². The van der Waals surface area contributed by atoms with Crippen LogP contribution in [0.1, 0.15) is 43.7 Å². The molecule has 9 heteroatoms. The average molecular weight is 501 g/mol. The molecule has 1 aromatic carbocycles. The predicted octanol–water partition coefficient (Wildman–Crippen LogP) is 4.36. The molecule has 1 N–H and O–H groups in total. The molecule has 3 aromatic rings. The molecule has 0 unspecified atom stereocenters. The maximum absolute atomic E-state index is 12.8. The number of amides is 1. The number of rotatable bonds is 5. The van der Waals surface area contributed by atoms with Crippen LogP contribution in [0.2, 0.25) is 0 Å². The molecule has 0 aliphatic carbocycles. The fourth-order valence-corrected chi connectivity index (χ4v) is 3.28. The van der Waals surface area contributed by atoms with Gasteiger partial charge in [0.25, 0.3) is 0 Å². The summed E-state index contributed by atoms with van der Waals surface area (Å²) in [6.07, 6.45) is 2.67. The average Bonchev–Trinajstić information content (AvgIpc) is 2.73. The highest BCUT2D eigenvalue weighted by molar-refractivity contribution is 9.10. The molecule has 0 spiro atoms. The highest BCUT2D eigenvalue weighted by atomic mass is 79.9. The van der Waals surface area contributed by atoms with Crippen LogP contribution in [0.5, 0.6) is 0 Å². The lowest BCUT2D eigenvalue weighted by molar-refractivity contribution is 0.0506. The Balaban J connectivity index is 2.14. The van der Waals surface area contributed by atoms with Gasteiger partial charge in [0.15, 0.2) is 0 Å². The molecule has 2 heterocycles. The smallest absolute Gasteiger partial charge is 0.428 e. The van der Waals surface area contributed by atoms with Gasteiger partial charge in [-0.05, 0) is 61.8 Å². The molecular weight excluding hydrogens is 476 g/mol. The summed E-state index contributed by atoms with van der Waals surface area (Å²) in [6, 6.07) is 11.3. The van der Waals surface area contributed by atoms with E-state index in [-0.39, 0.29) is 12.2 Å². The number of nitrogens with one attached hydrogen (secondary N) is 1. The molecule has 1 amide bonds. The molecule has 0 aliphatic heterocycles. The summed E-state index contributed by atoms with van der Waals surface area (Å²) in [5, 5.41) is 5.19. The lowest BCUT2D eigenvalue weighted by Gasteiger charge is -2.18. The fraction of sp³-hybridized carbons (Fsp3) is 0.304. The third-order valence-corrected chi connectivity index (χ3v) is 4.75. The third kappa shape index (κ3) is 5.94. The van der Waals surface area contributed by atoms with Crippen LogP contribution in [-0.4, -0.2) is 33.8 Å². The Morgan fingerprint density at radius 3 is 2.59 bits per heavy atom. The van der Waals surface area contributed by atoms with Crippen molar-refractivity contribution in [3.63, 3.8) is 0 Å². The summed E-state index contributed by atoms with van der Waals surface area (Å²) >= 11 is 3.39. The van der Waals surface area contributed by atoms with Crippen LogP contribution in [0.25, 0.3) is 10.9 Å². The van der Waals surface area contributed by atoms with Crippen molar-refractivity contribution >= 4 is 38.9 Å². The van der Waals surface area contributed by atoms with Gasteiger partial charge in [0.05, 0.1) is 24.4 Å². The van der Waals surface area contributed by atoms with Gasteiger partial charge < -0.3 is 14.0 Å². The molecule has 0 bridgehead atoms. The monoisotopic (exact) mass is 500 g/mol. The predicted molar refractivity (Wildman–Crippen MR) is 124 cm³/mol. The van der Waals surface area contributed by atoms with Crippen LogP contribution in [0.4, 0.5) is 4.79 Å². The van der Waals surface area contributed by atoms with Crippen LogP contribution in [0.15, 0.2) is 58.4 Å². The molecule has 0 radical (unpaired) electrons. The Morgan fingerprint density at radius 1 is 1.19 bits per heavy atom. The number of pyridine rings is 2. The van der Waals surface area contributed by atoms with Gasteiger partial charge in [-0.15, -0.1) is 0 Å². The number of nitrogens with zero attached hydrogens (tertiary/aromatic N) is 3. The standard InChI is InChI=1S/C23H25BrN4O4/c1-5-31-21(29)18-14-28(13-16-11-10-15(24)12-25-16)19-9-7-6-8-17(19)20(18)26-27-22(30)32-23(2,3)4/h6-12,14H,5,13H2,1-4H3,(H,27,30). The van der Waals surface area contributed by atoms with Gasteiger partial charge in [0, 0.05) is 22.3 Å². The van der Waals surface area contributed by atoms with Gasteiger partial charge in [-0.2, -0.15) is 5.10 Å². The molecule has 0 aliphatic rings. The number of hydrogen-bond donors (Lipinski definition) is 1. The van der Waals surface area contributed by atoms with E-state index < -0.39 is 17.7 Å². The summed E-state index contributed by atoms with van der Waals surface area (Å²) in [5.74, 6) is -0.541. The van der Waals surface area contributed by atoms with E-state index in [9.17, 15) is 9.59 Å². The summed E-state index contributed by atoms with van der Waals surface area (Å²) in [6.45, 7) is 7.64. The van der Waals surface area contributed by atoms with E-state index in [1.807, 2.05) is 41.0 Å². The van der Waals surface area contributed by atoms with Gasteiger partial charge in [-0.3, -0.25) is 4.98 Å². The number of para-hydroxylation sites is 1. The zero-order valence-electron chi connectivity index (χ0n) is 18.4. The minimum atomic E-state index is -0.716. The molecule has 0 saturated heterocycles. The van der Waals surface area contributed by atoms with Crippen molar-refractivity contribution in [3.05, 3.63) is 69.9 Å². The number of aromatic nitrogens is 2. The van der Waals surface area contributed by atoms with E-state index in [2.05, 4.69) is 31.4 Å². The maximum Gasteiger partial charge on any atom is 0.428 e. The molecule has 8 nitrogen and oxygen atoms in total. The summed E-state index contributed by atoms with van der Waals surface area (Å²) < 4.78 is 13.3. The summed E-state index contributed by atoms with van der Waals surface area (Å²) in [5.41, 5.74) is 3.56. The van der Waals surface area contributed by atoms with Gasteiger partial charge in [0.1, 0.15) is 16.5 Å². The minimum absolute atomic E-state index is 0.207. The normalized spacial score (nSPS) is 12.0. The number of carbonyl (C=O) groups is 2. The molecule has 0 saturated carbocycles. The van der Waals surface area contributed by atoms with E-state index >= 15 is 0 Å². The number of ether oxygens (including phenoxy) is 2. The van der Waals surface area contributed by atoms with Crippen LogP contribution in [0.3, 0.4) is 0 Å². The number of halogens is 1. The number of benzene rings is 1. The van der Waals surface area contributed by atoms with Crippen molar-refractivity contribution in [1.29, 1.82) is 0 Å². The van der Waals surface area contributed by atoms with Gasteiger partial charge in [-0.25, -0.2) is 15.0 Å². The topological polar surface area (TPSA) is 94.8 Å². The van der Waals surface area contributed by atoms with Crippen LogP contribution in [0, 0.1) is 0 Å². The van der Waals surface area contributed by atoms with E-state index in [4.69, 9.17) is 9.47 Å². The van der Waals surface area contributed by atoms with Crippen molar-refractivity contribution in [1.82, 2.24) is 15.0 Å². The molecule has 3 rings (SSSR count). The summed E-state index contributed by atoms with van der Waals surface area (Å²) in [7, 11) is 0. The molecule has 168 valence electrons. The van der Waals surface area contributed by atoms with E-state index in [0.717, 1.165) is 15.7 Å². The fourth-order valence-electron chi connectivity index (χ4n) is 3.04. The zero-order chi connectivity index (χ0) is 23.3. The Hall–Kier alpha value is -3.20. The van der Waals surface area contributed by atoms with Crippen molar-refractivity contribution in [2.75, 3.05) is 6.61 Å². The lowest BCUT2D eigenvalue weighted by atomic mass is 10.1.